The van der Waals surface area contributed by atoms with E-state index in [9.17, 15) is 0 Å². The molecule has 2 aromatic heterocycles. The van der Waals surface area contributed by atoms with Crippen molar-refractivity contribution in [2.45, 2.75) is 67.5 Å². The van der Waals surface area contributed by atoms with Crippen LogP contribution in [0.3, 0.4) is 0 Å². The summed E-state index contributed by atoms with van der Waals surface area (Å²) in [4.78, 5) is 4.74. The molecule has 4 aromatic rings. The van der Waals surface area contributed by atoms with Gasteiger partial charge in [0.1, 0.15) is 13.1 Å². The third-order valence-electron chi connectivity index (χ3n) is 8.56. The molecule has 0 atom stereocenters. The lowest BCUT2D eigenvalue weighted by atomic mass is 10.1. The Labute approximate surface area is 299 Å². The largest absolute Gasteiger partial charge is 1.00 e. The normalized spacial score (nSPS) is 11.0. The van der Waals surface area contributed by atoms with Crippen LogP contribution in [-0.2, 0) is 13.1 Å². The first kappa shape index (κ1) is 39.0. The van der Waals surface area contributed by atoms with E-state index in [0.717, 1.165) is 52.1 Å². The molecule has 6 heteroatoms. The fourth-order valence-corrected chi connectivity index (χ4v) is 5.73. The van der Waals surface area contributed by atoms with E-state index in [-0.39, 0.29) is 34.0 Å². The predicted molar refractivity (Wildman–Crippen MR) is 190 cm³/mol. The highest BCUT2D eigenvalue weighted by Crippen LogP contribution is 2.19. The fraction of sp³-hybridized carbons (Fsp3) is 0.350. The van der Waals surface area contributed by atoms with E-state index in [2.05, 4.69) is 170 Å². The van der Waals surface area contributed by atoms with Gasteiger partial charge in [0.25, 0.3) is 0 Å². The number of aryl methyl sites for hydroxylation is 4. The van der Waals surface area contributed by atoms with E-state index in [1.807, 2.05) is 0 Å². The Hall–Kier alpha value is -3.22. The maximum atomic E-state index is 2.37. The minimum atomic E-state index is 0. The van der Waals surface area contributed by atoms with Gasteiger partial charge in [-0.15, -0.1) is 0 Å². The summed E-state index contributed by atoms with van der Waals surface area (Å²) < 4.78 is 4.65. The van der Waals surface area contributed by atoms with Crippen LogP contribution in [0.25, 0.3) is 24.3 Å². The smallest absolute Gasteiger partial charge is 0.172 e. The van der Waals surface area contributed by atoms with Crippen LogP contribution in [0.5, 0.6) is 0 Å². The summed E-state index contributed by atoms with van der Waals surface area (Å²) in [6.07, 6.45) is 20.2. The number of pyridine rings is 2. The van der Waals surface area contributed by atoms with E-state index in [1.165, 1.54) is 44.8 Å². The van der Waals surface area contributed by atoms with Crippen LogP contribution >= 0.6 is 0 Å². The highest BCUT2D eigenvalue weighted by molar-refractivity contribution is 5.72. The molecule has 0 aliphatic heterocycles. The van der Waals surface area contributed by atoms with Gasteiger partial charge in [-0.1, -0.05) is 48.6 Å². The van der Waals surface area contributed by atoms with E-state index >= 15 is 0 Å². The van der Waals surface area contributed by atoms with Crippen molar-refractivity contribution in [3.63, 3.8) is 0 Å². The highest BCUT2D eigenvalue weighted by Gasteiger charge is 2.08. The summed E-state index contributed by atoms with van der Waals surface area (Å²) in [5.41, 5.74) is 10.2. The standard InChI is InChI=1S/C40H52N4.2BrH/c1-7-43(8-2)39-21-15-35(16-22-39)13-19-37-25-29-41(31-33(37)5)27-11-12-28-42-30-26-38(34(6)32-42)20-14-36-17-23-40(24-18-36)44(9-3)10-4;;/h13-26,29-32H,7-12,27-28H2,1-6H3;2*1H/q+2;;/p-2. The molecule has 0 fully saturated rings. The molecule has 4 nitrogen and oxygen atoms in total. The van der Waals surface area contributed by atoms with Crippen LogP contribution in [0.2, 0.25) is 0 Å². The highest BCUT2D eigenvalue weighted by atomic mass is 79.9. The third kappa shape index (κ3) is 11.2. The average Bonchev–Trinajstić information content (AvgIpc) is 3.04. The molecular formula is C40H52Br2N4. The van der Waals surface area contributed by atoms with Crippen molar-refractivity contribution in [3.05, 3.63) is 119 Å². The Morgan fingerprint density at radius 1 is 0.500 bits per heavy atom. The summed E-state index contributed by atoms with van der Waals surface area (Å²) in [5, 5.41) is 0. The monoisotopic (exact) mass is 746 g/mol. The van der Waals surface area contributed by atoms with Gasteiger partial charge in [-0.05, 0) is 88.1 Å². The minimum Gasteiger partial charge on any atom is -1.00 e. The number of benzene rings is 2. The molecular weight excluding hydrogens is 696 g/mol. The van der Waals surface area contributed by atoms with Gasteiger partial charge in [0, 0.05) is 73.7 Å². The van der Waals surface area contributed by atoms with Crippen LogP contribution < -0.4 is 52.9 Å². The molecule has 0 N–H and O–H groups in total. The predicted octanol–water partition coefficient (Wildman–Crippen LogP) is 2.40. The molecule has 0 bridgehead atoms. The lowest BCUT2D eigenvalue weighted by Gasteiger charge is -2.20. The lowest BCUT2D eigenvalue weighted by Crippen LogP contribution is -3.00. The minimum absolute atomic E-state index is 0. The maximum Gasteiger partial charge on any atom is 0.172 e. The summed E-state index contributed by atoms with van der Waals surface area (Å²) >= 11 is 0. The van der Waals surface area contributed by atoms with Crippen molar-refractivity contribution in [2.24, 2.45) is 0 Å². The average molecular weight is 749 g/mol. The molecule has 0 saturated carbocycles. The van der Waals surface area contributed by atoms with Gasteiger partial charge in [0.2, 0.25) is 0 Å². The number of rotatable bonds is 15. The first-order valence-electron chi connectivity index (χ1n) is 16.5. The second kappa shape index (κ2) is 20.1. The lowest BCUT2D eigenvalue weighted by molar-refractivity contribution is -0.708. The van der Waals surface area contributed by atoms with Gasteiger partial charge in [-0.25, -0.2) is 9.13 Å². The molecule has 4 rings (SSSR count). The Kier molecular flexibility index (Phi) is 17.0. The molecule has 0 radical (unpaired) electrons. The topological polar surface area (TPSA) is 14.2 Å². The first-order valence-corrected chi connectivity index (χ1v) is 16.5. The van der Waals surface area contributed by atoms with Crippen molar-refractivity contribution in [1.29, 1.82) is 0 Å². The second-order valence-corrected chi connectivity index (χ2v) is 11.5. The molecule has 0 aliphatic carbocycles. The number of hydrogen-bond acceptors (Lipinski definition) is 2. The van der Waals surface area contributed by atoms with Gasteiger partial charge in [-0.2, -0.15) is 0 Å². The van der Waals surface area contributed by atoms with Crippen molar-refractivity contribution in [2.75, 3.05) is 36.0 Å². The van der Waals surface area contributed by atoms with Gasteiger partial charge in [-0.3, -0.25) is 0 Å². The summed E-state index contributed by atoms with van der Waals surface area (Å²) in [6.45, 7) is 19.4. The molecule has 2 heterocycles. The molecule has 0 spiro atoms. The van der Waals surface area contributed by atoms with Crippen LogP contribution in [0.4, 0.5) is 11.4 Å². The molecule has 0 unspecified atom stereocenters. The number of nitrogens with zero attached hydrogens (tertiary/aromatic N) is 4. The number of hydrogen-bond donors (Lipinski definition) is 0. The molecule has 246 valence electrons. The van der Waals surface area contributed by atoms with E-state index in [0.29, 0.717) is 0 Å². The number of unbranched alkanes of at least 4 members (excludes halogenated alkanes) is 1. The van der Waals surface area contributed by atoms with E-state index in [1.54, 1.807) is 0 Å². The fourth-order valence-electron chi connectivity index (χ4n) is 5.73. The first-order chi connectivity index (χ1) is 21.4. The number of halogens is 2. The quantitative estimate of drug-likeness (QED) is 0.137. The maximum absolute atomic E-state index is 2.37. The zero-order valence-electron chi connectivity index (χ0n) is 28.6. The van der Waals surface area contributed by atoms with E-state index in [4.69, 9.17) is 0 Å². The van der Waals surface area contributed by atoms with Crippen molar-refractivity contribution >= 4 is 35.7 Å². The summed E-state index contributed by atoms with van der Waals surface area (Å²) in [7, 11) is 0. The van der Waals surface area contributed by atoms with Crippen LogP contribution in [0.15, 0.2) is 85.5 Å². The Morgan fingerprint density at radius 2 is 0.848 bits per heavy atom. The third-order valence-corrected chi connectivity index (χ3v) is 8.56. The van der Waals surface area contributed by atoms with Gasteiger partial charge in [0.15, 0.2) is 24.8 Å². The van der Waals surface area contributed by atoms with Gasteiger partial charge in [0.05, 0.1) is 0 Å². The zero-order chi connectivity index (χ0) is 31.3. The zero-order valence-corrected chi connectivity index (χ0v) is 31.8. The molecule has 46 heavy (non-hydrogen) atoms. The van der Waals surface area contributed by atoms with Gasteiger partial charge >= 0.3 is 0 Å². The van der Waals surface area contributed by atoms with Gasteiger partial charge < -0.3 is 43.8 Å². The van der Waals surface area contributed by atoms with E-state index < -0.39 is 0 Å². The Morgan fingerprint density at radius 3 is 1.15 bits per heavy atom. The van der Waals surface area contributed by atoms with Crippen LogP contribution in [0, 0.1) is 13.8 Å². The van der Waals surface area contributed by atoms with Crippen LogP contribution in [0.1, 0.15) is 73.9 Å². The number of anilines is 2. The Bertz CT molecular complexity index is 1400. The SMILES string of the molecule is CCN(CC)c1ccc(/C=C/c2cc[n+](CCCC[n+]3ccc(/C=C/c4ccc(N(CC)CC)cc4)c(C)c3)cc2C)cc1.[Br-].[Br-]. The Balaban J connectivity index is 0.00000368. The van der Waals surface area contributed by atoms with Crippen molar-refractivity contribution in [1.82, 2.24) is 0 Å². The molecule has 0 aliphatic rings. The summed E-state index contributed by atoms with van der Waals surface area (Å²) in [5.74, 6) is 0. The molecule has 2 aromatic carbocycles. The number of aromatic nitrogens is 2. The second-order valence-electron chi connectivity index (χ2n) is 11.5. The molecule has 0 amide bonds. The van der Waals surface area contributed by atoms with Crippen molar-refractivity contribution in [3.8, 4) is 0 Å². The van der Waals surface area contributed by atoms with Crippen molar-refractivity contribution < 1.29 is 43.1 Å². The summed E-state index contributed by atoms with van der Waals surface area (Å²) in [6, 6.07) is 22.2. The molecule has 0 saturated heterocycles. The van der Waals surface area contributed by atoms with Crippen LogP contribution in [-0.4, -0.2) is 26.2 Å².